The topological polar surface area (TPSA) is 12.9 Å². The lowest BCUT2D eigenvalue weighted by molar-refractivity contribution is 0.541. The normalized spacial score (nSPS) is 15.6. The van der Waals surface area contributed by atoms with E-state index in [0.29, 0.717) is 5.92 Å². The van der Waals surface area contributed by atoms with Crippen LogP contribution in [0.25, 0.3) is 0 Å². The fourth-order valence-electron chi connectivity index (χ4n) is 1.07. The van der Waals surface area contributed by atoms with Gasteiger partial charge in [0.2, 0.25) is 0 Å². The summed E-state index contributed by atoms with van der Waals surface area (Å²) in [6.07, 6.45) is 4.70. The first-order chi connectivity index (χ1) is 5.75. The van der Waals surface area contributed by atoms with Crippen molar-refractivity contribution in [3.63, 3.8) is 0 Å². The minimum absolute atomic E-state index is 0.101. The Hall–Kier alpha value is -0.560. The van der Waals surface area contributed by atoms with Crippen molar-refractivity contribution in [2.24, 2.45) is 5.92 Å². The highest BCUT2D eigenvalue weighted by atomic mass is 35.5. The van der Waals surface area contributed by atoms with Gasteiger partial charge >= 0.3 is 0 Å². The van der Waals surface area contributed by atoms with E-state index in [2.05, 4.69) is 18.8 Å². The largest absolute Gasteiger partial charge is 0.264 e. The summed E-state index contributed by atoms with van der Waals surface area (Å²) in [4.78, 5) is 4.04. The van der Waals surface area contributed by atoms with E-state index in [4.69, 9.17) is 11.6 Å². The van der Waals surface area contributed by atoms with Gasteiger partial charge in [-0.3, -0.25) is 4.98 Å². The van der Waals surface area contributed by atoms with Crippen LogP contribution < -0.4 is 0 Å². The third-order valence-corrected chi connectivity index (χ3v) is 2.83. The number of pyridine rings is 1. The molecule has 0 spiro atoms. The molecule has 0 aliphatic heterocycles. The molecule has 1 rings (SSSR count). The van der Waals surface area contributed by atoms with Crippen LogP contribution in [0.15, 0.2) is 24.5 Å². The van der Waals surface area contributed by atoms with Crippen LogP contribution in [0.3, 0.4) is 0 Å². The minimum Gasteiger partial charge on any atom is -0.264 e. The van der Waals surface area contributed by atoms with Crippen LogP contribution in [0.2, 0.25) is 0 Å². The van der Waals surface area contributed by atoms with Crippen LogP contribution in [0.1, 0.15) is 31.2 Å². The smallest absolute Gasteiger partial charge is 0.0625 e. The molecule has 0 amide bonds. The van der Waals surface area contributed by atoms with E-state index in [1.807, 2.05) is 18.3 Å². The van der Waals surface area contributed by atoms with E-state index in [9.17, 15) is 0 Å². The number of halogens is 1. The molecule has 66 valence electrons. The molecule has 0 bridgehead atoms. The maximum Gasteiger partial charge on any atom is 0.0625 e. The van der Waals surface area contributed by atoms with Crippen LogP contribution in [0.4, 0.5) is 0 Å². The Bertz CT molecular complexity index is 223. The van der Waals surface area contributed by atoms with Gasteiger partial charge in [-0.2, -0.15) is 0 Å². The highest BCUT2D eigenvalue weighted by Gasteiger charge is 2.14. The summed E-state index contributed by atoms with van der Waals surface area (Å²) >= 11 is 6.22. The SMILES string of the molecule is CCC(C)C(Cl)c1cccnc1. The predicted octanol–water partition coefficient (Wildman–Crippen LogP) is 3.41. The molecule has 2 unspecified atom stereocenters. The highest BCUT2D eigenvalue weighted by molar-refractivity contribution is 6.20. The first kappa shape index (κ1) is 9.53. The molecule has 2 heteroatoms. The average molecular weight is 184 g/mol. The molecule has 12 heavy (non-hydrogen) atoms. The fraction of sp³-hybridized carbons (Fsp3) is 0.500. The van der Waals surface area contributed by atoms with Gasteiger partial charge in [0.25, 0.3) is 0 Å². The van der Waals surface area contributed by atoms with Gasteiger partial charge in [-0.25, -0.2) is 0 Å². The average Bonchev–Trinajstić information content (AvgIpc) is 2.17. The molecule has 0 fully saturated rings. The van der Waals surface area contributed by atoms with E-state index < -0.39 is 0 Å². The molecule has 0 N–H and O–H groups in total. The Morgan fingerprint density at radius 3 is 2.83 bits per heavy atom. The molecule has 0 saturated carbocycles. The van der Waals surface area contributed by atoms with Crippen molar-refractivity contribution < 1.29 is 0 Å². The number of hydrogen-bond donors (Lipinski definition) is 0. The Morgan fingerprint density at radius 1 is 1.58 bits per heavy atom. The maximum atomic E-state index is 6.22. The number of rotatable bonds is 3. The van der Waals surface area contributed by atoms with Crippen LogP contribution >= 0.6 is 11.6 Å². The van der Waals surface area contributed by atoms with Gasteiger partial charge in [0.15, 0.2) is 0 Å². The zero-order valence-corrected chi connectivity index (χ0v) is 8.25. The van der Waals surface area contributed by atoms with Gasteiger partial charge < -0.3 is 0 Å². The van der Waals surface area contributed by atoms with E-state index in [1.54, 1.807) is 6.20 Å². The second-order valence-corrected chi connectivity index (χ2v) is 3.54. The predicted molar refractivity (Wildman–Crippen MR) is 52.3 cm³/mol. The Kier molecular flexibility index (Phi) is 3.54. The first-order valence-corrected chi connectivity index (χ1v) is 4.73. The van der Waals surface area contributed by atoms with E-state index >= 15 is 0 Å². The van der Waals surface area contributed by atoms with Crippen molar-refractivity contribution in [3.8, 4) is 0 Å². The standard InChI is InChI=1S/C10H14ClN/c1-3-8(2)10(11)9-5-4-6-12-7-9/h4-8,10H,3H2,1-2H3. The quantitative estimate of drug-likeness (QED) is 0.655. The fourth-order valence-corrected chi connectivity index (χ4v) is 1.38. The zero-order chi connectivity index (χ0) is 8.97. The monoisotopic (exact) mass is 183 g/mol. The molecule has 0 aromatic carbocycles. The molecule has 1 aromatic heterocycles. The van der Waals surface area contributed by atoms with E-state index in [0.717, 1.165) is 12.0 Å². The minimum atomic E-state index is 0.101. The van der Waals surface area contributed by atoms with Crippen molar-refractivity contribution in [2.75, 3.05) is 0 Å². The molecule has 0 radical (unpaired) electrons. The van der Waals surface area contributed by atoms with Crippen LogP contribution in [-0.2, 0) is 0 Å². The van der Waals surface area contributed by atoms with Gasteiger partial charge in [0.1, 0.15) is 0 Å². The van der Waals surface area contributed by atoms with E-state index in [-0.39, 0.29) is 5.38 Å². The third kappa shape index (κ3) is 2.21. The van der Waals surface area contributed by atoms with Crippen molar-refractivity contribution in [1.82, 2.24) is 4.98 Å². The lowest BCUT2D eigenvalue weighted by Gasteiger charge is -2.15. The third-order valence-electron chi connectivity index (χ3n) is 2.15. The summed E-state index contributed by atoms with van der Waals surface area (Å²) in [7, 11) is 0. The van der Waals surface area contributed by atoms with Crippen LogP contribution in [0.5, 0.6) is 0 Å². The van der Waals surface area contributed by atoms with Crippen molar-refractivity contribution >= 4 is 11.6 Å². The first-order valence-electron chi connectivity index (χ1n) is 4.29. The van der Waals surface area contributed by atoms with Crippen LogP contribution in [-0.4, -0.2) is 4.98 Å². The van der Waals surface area contributed by atoms with Crippen LogP contribution in [0, 0.1) is 5.92 Å². The summed E-state index contributed by atoms with van der Waals surface area (Å²) in [5, 5.41) is 0.101. The molecule has 0 aliphatic rings. The van der Waals surface area contributed by atoms with Crippen molar-refractivity contribution in [2.45, 2.75) is 25.6 Å². The molecule has 0 aliphatic carbocycles. The zero-order valence-electron chi connectivity index (χ0n) is 7.50. The summed E-state index contributed by atoms with van der Waals surface area (Å²) in [5.41, 5.74) is 1.12. The molecule has 1 aromatic rings. The van der Waals surface area contributed by atoms with E-state index in [1.165, 1.54) is 0 Å². The van der Waals surface area contributed by atoms with Gasteiger partial charge in [-0.05, 0) is 17.5 Å². The van der Waals surface area contributed by atoms with Gasteiger partial charge in [-0.15, -0.1) is 11.6 Å². The number of nitrogens with zero attached hydrogens (tertiary/aromatic N) is 1. The van der Waals surface area contributed by atoms with Crippen molar-refractivity contribution in [1.29, 1.82) is 0 Å². The molecular weight excluding hydrogens is 170 g/mol. The number of aromatic nitrogens is 1. The second kappa shape index (κ2) is 4.46. The molecular formula is C10H14ClN. The molecule has 1 heterocycles. The lowest BCUT2D eigenvalue weighted by atomic mass is 10.00. The molecule has 2 atom stereocenters. The number of hydrogen-bond acceptors (Lipinski definition) is 1. The highest BCUT2D eigenvalue weighted by Crippen LogP contribution is 2.29. The molecule has 1 nitrogen and oxygen atoms in total. The maximum absolute atomic E-state index is 6.22. The summed E-state index contributed by atoms with van der Waals surface area (Å²) in [6, 6.07) is 3.95. The second-order valence-electron chi connectivity index (χ2n) is 3.07. The lowest BCUT2D eigenvalue weighted by Crippen LogP contribution is -2.02. The van der Waals surface area contributed by atoms with Gasteiger partial charge in [0.05, 0.1) is 5.38 Å². The number of alkyl halides is 1. The Morgan fingerprint density at radius 2 is 2.33 bits per heavy atom. The summed E-state index contributed by atoms with van der Waals surface area (Å²) < 4.78 is 0. The van der Waals surface area contributed by atoms with Crippen molar-refractivity contribution in [3.05, 3.63) is 30.1 Å². The van der Waals surface area contributed by atoms with Gasteiger partial charge in [-0.1, -0.05) is 26.3 Å². The summed E-state index contributed by atoms with van der Waals surface area (Å²) in [5.74, 6) is 0.510. The molecule has 0 saturated heterocycles. The van der Waals surface area contributed by atoms with Gasteiger partial charge in [0, 0.05) is 12.4 Å². The Balaban J connectivity index is 2.71. The summed E-state index contributed by atoms with van der Waals surface area (Å²) in [6.45, 7) is 4.31. The Labute approximate surface area is 78.8 Å².